The lowest BCUT2D eigenvalue weighted by molar-refractivity contribution is -0.126. The minimum absolute atomic E-state index is 0.0986. The Bertz CT molecular complexity index is 404. The first-order valence-electron chi connectivity index (χ1n) is 7.31. The summed E-state index contributed by atoms with van der Waals surface area (Å²) in [5.41, 5.74) is 7.14. The standard InChI is InChI=1S/C16H24N2O/c1-2-15(12-7-4-3-5-8-12)18-16(19)13-9-6-10-14(17)11-13/h3-5,7-8,13-15H,2,6,9-11,17H2,1H3,(H,18,19). The lowest BCUT2D eigenvalue weighted by Crippen LogP contribution is -2.39. The van der Waals surface area contributed by atoms with Gasteiger partial charge in [-0.2, -0.15) is 0 Å². The van der Waals surface area contributed by atoms with E-state index in [0.717, 1.165) is 32.1 Å². The second-order valence-electron chi connectivity index (χ2n) is 5.50. The first-order valence-corrected chi connectivity index (χ1v) is 7.31. The number of amides is 1. The van der Waals surface area contributed by atoms with E-state index >= 15 is 0 Å². The van der Waals surface area contributed by atoms with Gasteiger partial charge in [-0.05, 0) is 31.2 Å². The molecule has 1 aromatic carbocycles. The Morgan fingerprint density at radius 1 is 1.37 bits per heavy atom. The van der Waals surface area contributed by atoms with Gasteiger partial charge < -0.3 is 11.1 Å². The second kappa shape index (κ2) is 6.71. The van der Waals surface area contributed by atoms with Crippen LogP contribution in [0.3, 0.4) is 0 Å². The van der Waals surface area contributed by atoms with Crippen LogP contribution in [0.1, 0.15) is 50.6 Å². The number of hydrogen-bond donors (Lipinski definition) is 2. The van der Waals surface area contributed by atoms with Gasteiger partial charge in [0, 0.05) is 12.0 Å². The molecular weight excluding hydrogens is 236 g/mol. The van der Waals surface area contributed by atoms with Gasteiger partial charge in [-0.25, -0.2) is 0 Å². The van der Waals surface area contributed by atoms with Gasteiger partial charge in [0.2, 0.25) is 5.91 Å². The highest BCUT2D eigenvalue weighted by atomic mass is 16.1. The van der Waals surface area contributed by atoms with E-state index in [4.69, 9.17) is 5.73 Å². The molecule has 19 heavy (non-hydrogen) atoms. The summed E-state index contributed by atoms with van der Waals surface area (Å²) >= 11 is 0. The quantitative estimate of drug-likeness (QED) is 0.874. The normalized spacial score (nSPS) is 24.7. The fourth-order valence-electron chi connectivity index (χ4n) is 2.86. The van der Waals surface area contributed by atoms with Crippen molar-refractivity contribution in [3.8, 4) is 0 Å². The van der Waals surface area contributed by atoms with Crippen LogP contribution in [-0.4, -0.2) is 11.9 Å². The van der Waals surface area contributed by atoms with Crippen molar-refractivity contribution in [2.75, 3.05) is 0 Å². The molecule has 1 saturated carbocycles. The third kappa shape index (κ3) is 3.80. The molecular formula is C16H24N2O. The fraction of sp³-hybridized carbons (Fsp3) is 0.562. The zero-order valence-electron chi connectivity index (χ0n) is 11.6. The maximum Gasteiger partial charge on any atom is 0.223 e. The molecule has 0 aliphatic heterocycles. The molecule has 104 valence electrons. The van der Waals surface area contributed by atoms with Crippen LogP contribution >= 0.6 is 0 Å². The van der Waals surface area contributed by atoms with Gasteiger partial charge in [0.25, 0.3) is 0 Å². The van der Waals surface area contributed by atoms with E-state index in [1.54, 1.807) is 0 Å². The van der Waals surface area contributed by atoms with Gasteiger partial charge in [-0.15, -0.1) is 0 Å². The first kappa shape index (κ1) is 14.1. The number of benzene rings is 1. The van der Waals surface area contributed by atoms with Crippen molar-refractivity contribution >= 4 is 5.91 Å². The minimum Gasteiger partial charge on any atom is -0.349 e. The predicted molar refractivity (Wildman–Crippen MR) is 77.6 cm³/mol. The molecule has 2 rings (SSSR count). The summed E-state index contributed by atoms with van der Waals surface area (Å²) in [7, 11) is 0. The molecule has 0 heterocycles. The van der Waals surface area contributed by atoms with Crippen molar-refractivity contribution < 1.29 is 4.79 Å². The Hall–Kier alpha value is -1.35. The Labute approximate surface area is 115 Å². The third-order valence-corrected chi connectivity index (χ3v) is 4.01. The molecule has 0 radical (unpaired) electrons. The summed E-state index contributed by atoms with van der Waals surface area (Å²) < 4.78 is 0. The molecule has 3 N–H and O–H groups in total. The molecule has 3 nitrogen and oxygen atoms in total. The maximum absolute atomic E-state index is 12.3. The molecule has 1 fully saturated rings. The molecule has 3 heteroatoms. The van der Waals surface area contributed by atoms with Crippen LogP contribution in [0.5, 0.6) is 0 Å². The molecule has 3 atom stereocenters. The zero-order valence-corrected chi connectivity index (χ0v) is 11.6. The molecule has 3 unspecified atom stereocenters. The lowest BCUT2D eigenvalue weighted by Gasteiger charge is -2.27. The van der Waals surface area contributed by atoms with Gasteiger partial charge in [-0.3, -0.25) is 4.79 Å². The van der Waals surface area contributed by atoms with E-state index in [1.807, 2.05) is 18.2 Å². The zero-order chi connectivity index (χ0) is 13.7. The minimum atomic E-state index is 0.0986. The average Bonchev–Trinajstić information content (AvgIpc) is 2.45. The number of carbonyl (C=O) groups is 1. The summed E-state index contributed by atoms with van der Waals surface area (Å²) in [6.45, 7) is 2.10. The van der Waals surface area contributed by atoms with E-state index in [1.165, 1.54) is 5.56 Å². The Balaban J connectivity index is 1.96. The van der Waals surface area contributed by atoms with Crippen molar-refractivity contribution in [2.24, 2.45) is 11.7 Å². The van der Waals surface area contributed by atoms with Crippen LogP contribution < -0.4 is 11.1 Å². The van der Waals surface area contributed by atoms with Crippen LogP contribution in [0, 0.1) is 5.92 Å². The van der Waals surface area contributed by atoms with Crippen LogP contribution in [-0.2, 0) is 4.79 Å². The predicted octanol–water partition coefficient (Wildman–Crippen LogP) is 2.77. The number of carbonyl (C=O) groups excluding carboxylic acids is 1. The van der Waals surface area contributed by atoms with Gasteiger partial charge in [0.1, 0.15) is 0 Å². The number of nitrogens with one attached hydrogen (secondary N) is 1. The van der Waals surface area contributed by atoms with Crippen molar-refractivity contribution in [1.29, 1.82) is 0 Å². The largest absolute Gasteiger partial charge is 0.349 e. The molecule has 0 aromatic heterocycles. The topological polar surface area (TPSA) is 55.1 Å². The van der Waals surface area contributed by atoms with E-state index < -0.39 is 0 Å². The molecule has 1 aliphatic rings. The molecule has 0 saturated heterocycles. The van der Waals surface area contributed by atoms with E-state index in [0.29, 0.717) is 0 Å². The van der Waals surface area contributed by atoms with Crippen LogP contribution in [0.2, 0.25) is 0 Å². The monoisotopic (exact) mass is 260 g/mol. The van der Waals surface area contributed by atoms with Crippen LogP contribution in [0.15, 0.2) is 30.3 Å². The molecule has 1 aliphatic carbocycles. The Kier molecular flexibility index (Phi) is 4.97. The first-order chi connectivity index (χ1) is 9.20. The summed E-state index contributed by atoms with van der Waals surface area (Å²) in [6.07, 6.45) is 4.84. The highest BCUT2D eigenvalue weighted by Gasteiger charge is 2.26. The van der Waals surface area contributed by atoms with Gasteiger partial charge in [-0.1, -0.05) is 43.7 Å². The summed E-state index contributed by atoms with van der Waals surface area (Å²) in [4.78, 5) is 12.3. The van der Waals surface area contributed by atoms with E-state index in [-0.39, 0.29) is 23.9 Å². The van der Waals surface area contributed by atoms with E-state index in [2.05, 4.69) is 24.4 Å². The highest BCUT2D eigenvalue weighted by Crippen LogP contribution is 2.25. The highest BCUT2D eigenvalue weighted by molar-refractivity contribution is 5.79. The Morgan fingerprint density at radius 2 is 2.11 bits per heavy atom. The maximum atomic E-state index is 12.3. The fourth-order valence-corrected chi connectivity index (χ4v) is 2.86. The number of hydrogen-bond acceptors (Lipinski definition) is 2. The second-order valence-corrected chi connectivity index (χ2v) is 5.50. The number of rotatable bonds is 4. The average molecular weight is 260 g/mol. The van der Waals surface area contributed by atoms with Crippen molar-refractivity contribution in [1.82, 2.24) is 5.32 Å². The van der Waals surface area contributed by atoms with Crippen molar-refractivity contribution in [3.63, 3.8) is 0 Å². The molecule has 0 spiro atoms. The van der Waals surface area contributed by atoms with Gasteiger partial charge in [0.15, 0.2) is 0 Å². The summed E-state index contributed by atoms with van der Waals surface area (Å²) in [5.74, 6) is 0.271. The van der Waals surface area contributed by atoms with Crippen molar-refractivity contribution in [2.45, 2.75) is 51.1 Å². The molecule has 0 bridgehead atoms. The number of nitrogens with two attached hydrogens (primary N) is 1. The van der Waals surface area contributed by atoms with Gasteiger partial charge >= 0.3 is 0 Å². The Morgan fingerprint density at radius 3 is 2.74 bits per heavy atom. The smallest absolute Gasteiger partial charge is 0.223 e. The van der Waals surface area contributed by atoms with Crippen molar-refractivity contribution in [3.05, 3.63) is 35.9 Å². The van der Waals surface area contributed by atoms with Crippen LogP contribution in [0.4, 0.5) is 0 Å². The van der Waals surface area contributed by atoms with E-state index in [9.17, 15) is 4.79 Å². The molecule has 1 amide bonds. The molecule has 1 aromatic rings. The van der Waals surface area contributed by atoms with Gasteiger partial charge in [0.05, 0.1) is 6.04 Å². The SMILES string of the molecule is CCC(NC(=O)C1CCCC(N)C1)c1ccccc1. The summed E-state index contributed by atoms with van der Waals surface area (Å²) in [5, 5.41) is 3.18. The van der Waals surface area contributed by atoms with Crippen LogP contribution in [0.25, 0.3) is 0 Å². The third-order valence-electron chi connectivity index (χ3n) is 4.01. The summed E-state index contributed by atoms with van der Waals surface area (Å²) in [6, 6.07) is 10.5. The lowest BCUT2D eigenvalue weighted by atomic mass is 9.85.